The molecular formula is C29H42O7. The first-order valence-corrected chi connectivity index (χ1v) is 13.3. The van der Waals surface area contributed by atoms with Crippen LogP contribution in [0.2, 0.25) is 0 Å². The Hall–Kier alpha value is -2.19. The zero-order chi connectivity index (χ0) is 26.1. The van der Waals surface area contributed by atoms with Gasteiger partial charge in [0.2, 0.25) is 0 Å². The molecule has 0 aromatic heterocycles. The number of carbonyl (C=O) groups is 1. The van der Waals surface area contributed by atoms with Crippen LogP contribution in [0.15, 0.2) is 54.1 Å². The molecule has 0 amide bonds. The molecule has 36 heavy (non-hydrogen) atoms. The van der Waals surface area contributed by atoms with E-state index >= 15 is 0 Å². The summed E-state index contributed by atoms with van der Waals surface area (Å²) >= 11 is 0. The van der Waals surface area contributed by atoms with Gasteiger partial charge in [-0.2, -0.15) is 0 Å². The molecule has 0 bridgehead atoms. The van der Waals surface area contributed by atoms with E-state index in [0.29, 0.717) is 25.9 Å². The molecule has 7 nitrogen and oxygen atoms in total. The molecular weight excluding hydrogens is 460 g/mol. The normalized spacial score (nSPS) is 28.0. The molecule has 1 aromatic carbocycles. The molecule has 7 heteroatoms. The molecule has 0 heterocycles. The van der Waals surface area contributed by atoms with Crippen LogP contribution in [-0.4, -0.2) is 63.5 Å². The lowest BCUT2D eigenvalue weighted by Gasteiger charge is -2.43. The summed E-state index contributed by atoms with van der Waals surface area (Å²) in [6.45, 7) is 4.71. The molecule has 4 N–H and O–H groups in total. The summed E-state index contributed by atoms with van der Waals surface area (Å²) in [7, 11) is 0. The molecule has 2 aliphatic rings. The molecule has 0 saturated heterocycles. The van der Waals surface area contributed by atoms with E-state index in [1.54, 1.807) is 0 Å². The average Bonchev–Trinajstić information content (AvgIpc) is 2.82. The Balaban J connectivity index is 1.66. The van der Waals surface area contributed by atoms with E-state index in [4.69, 9.17) is 14.6 Å². The van der Waals surface area contributed by atoms with Crippen LogP contribution in [0.3, 0.4) is 0 Å². The van der Waals surface area contributed by atoms with Crippen molar-refractivity contribution in [3.8, 4) is 5.75 Å². The van der Waals surface area contributed by atoms with Crippen molar-refractivity contribution in [3.05, 3.63) is 54.1 Å². The highest BCUT2D eigenvalue weighted by molar-refractivity contribution is 5.67. The Bertz CT molecular complexity index is 868. The van der Waals surface area contributed by atoms with Gasteiger partial charge in [-0.1, -0.05) is 56.7 Å². The second-order valence-electron chi connectivity index (χ2n) is 10.3. The van der Waals surface area contributed by atoms with Gasteiger partial charge in [-0.25, -0.2) is 0 Å². The highest BCUT2D eigenvalue weighted by atomic mass is 16.5. The van der Waals surface area contributed by atoms with E-state index in [9.17, 15) is 20.1 Å². The van der Waals surface area contributed by atoms with Crippen LogP contribution in [-0.2, 0) is 9.53 Å². The summed E-state index contributed by atoms with van der Waals surface area (Å²) in [5.41, 5.74) is 1.07. The van der Waals surface area contributed by atoms with E-state index in [1.165, 1.54) is 0 Å². The number of hydrogen-bond acceptors (Lipinski definition) is 6. The number of allylic oxidation sites excluding steroid dienone is 2. The van der Waals surface area contributed by atoms with Crippen molar-refractivity contribution in [2.45, 2.75) is 89.3 Å². The van der Waals surface area contributed by atoms with Gasteiger partial charge in [-0.05, 0) is 55.2 Å². The van der Waals surface area contributed by atoms with Gasteiger partial charge >= 0.3 is 5.97 Å². The average molecular weight is 503 g/mol. The van der Waals surface area contributed by atoms with Crippen molar-refractivity contribution in [2.24, 2.45) is 17.8 Å². The first-order chi connectivity index (χ1) is 17.3. The quantitative estimate of drug-likeness (QED) is 0.302. The summed E-state index contributed by atoms with van der Waals surface area (Å²) in [5.74, 6) is 0.286. The number of ether oxygens (including phenoxy) is 2. The van der Waals surface area contributed by atoms with Gasteiger partial charge in [0.1, 0.15) is 11.9 Å². The van der Waals surface area contributed by atoms with Crippen molar-refractivity contribution in [3.63, 3.8) is 0 Å². The van der Waals surface area contributed by atoms with Crippen molar-refractivity contribution < 1.29 is 34.7 Å². The minimum atomic E-state index is -1.08. The van der Waals surface area contributed by atoms with Crippen molar-refractivity contribution >= 4 is 5.97 Å². The van der Waals surface area contributed by atoms with E-state index in [-0.39, 0.29) is 42.8 Å². The van der Waals surface area contributed by atoms with Crippen LogP contribution in [0, 0.1) is 17.8 Å². The molecule has 2 aliphatic carbocycles. The minimum Gasteiger partial charge on any atom is -0.488 e. The highest BCUT2D eigenvalue weighted by Crippen LogP contribution is 2.44. The maximum atomic E-state index is 10.8. The molecule has 0 unspecified atom stereocenters. The van der Waals surface area contributed by atoms with Gasteiger partial charge in [0.25, 0.3) is 0 Å². The number of hydrogen-bond donors (Lipinski definition) is 4. The molecule has 0 saturated carbocycles. The molecule has 0 radical (unpaired) electrons. The number of carboxylic acids is 1. The predicted molar refractivity (Wildman–Crippen MR) is 138 cm³/mol. The van der Waals surface area contributed by atoms with Crippen LogP contribution < -0.4 is 4.74 Å². The summed E-state index contributed by atoms with van der Waals surface area (Å²) in [4.78, 5) is 10.8. The third kappa shape index (κ3) is 8.44. The zero-order valence-corrected chi connectivity index (χ0v) is 21.4. The lowest BCUT2D eigenvalue weighted by atomic mass is 9.66. The maximum absolute atomic E-state index is 10.8. The Labute approximate surface area is 214 Å². The van der Waals surface area contributed by atoms with E-state index < -0.39 is 24.3 Å². The molecule has 8 atom stereocenters. The van der Waals surface area contributed by atoms with E-state index in [1.807, 2.05) is 36.4 Å². The van der Waals surface area contributed by atoms with Crippen LogP contribution in [0.25, 0.3) is 0 Å². The number of para-hydroxylation sites is 1. The van der Waals surface area contributed by atoms with Gasteiger partial charge < -0.3 is 29.9 Å². The number of rotatable bonds is 14. The van der Waals surface area contributed by atoms with Crippen molar-refractivity contribution in [1.29, 1.82) is 0 Å². The van der Waals surface area contributed by atoms with Gasteiger partial charge in [-0.3, -0.25) is 4.79 Å². The number of aliphatic carboxylic acids is 1. The standard InChI is InChI=1S/C29H42O7/c1-3-7-25(36-24-8-5-4-6-9-24)18-35-27-16-22(31)14-20-11-10-19(2)26(29(20)27)13-12-21(30)15-23(32)17-28(33)34/h4-6,8-11,14,19,21-23,25-27,29-32H,3,7,12-13,15-18H2,1-2H3,(H,33,34)/t19-,21-,22-,23-,25+,26+,27+,29+/m1/s1. The number of benzene rings is 1. The maximum Gasteiger partial charge on any atom is 0.305 e. The minimum absolute atomic E-state index is 0.0464. The molecule has 0 fully saturated rings. The van der Waals surface area contributed by atoms with Gasteiger partial charge in [-0.15, -0.1) is 0 Å². The Kier molecular flexibility index (Phi) is 11.0. The Morgan fingerprint density at radius 2 is 1.89 bits per heavy atom. The van der Waals surface area contributed by atoms with Crippen LogP contribution in [0.5, 0.6) is 5.75 Å². The highest BCUT2D eigenvalue weighted by Gasteiger charge is 2.40. The van der Waals surface area contributed by atoms with Gasteiger partial charge in [0.05, 0.1) is 37.4 Å². The number of fused-ring (bicyclic) bond motifs is 1. The zero-order valence-electron chi connectivity index (χ0n) is 21.4. The fraction of sp³-hybridized carbons (Fsp3) is 0.621. The van der Waals surface area contributed by atoms with Gasteiger partial charge in [0, 0.05) is 12.3 Å². The monoisotopic (exact) mass is 502 g/mol. The summed E-state index contributed by atoms with van der Waals surface area (Å²) in [6.07, 6.45) is 6.68. The third-order valence-corrected chi connectivity index (χ3v) is 7.31. The summed E-state index contributed by atoms with van der Waals surface area (Å²) in [6, 6.07) is 9.73. The topological polar surface area (TPSA) is 116 Å². The van der Waals surface area contributed by atoms with E-state index in [0.717, 1.165) is 24.2 Å². The van der Waals surface area contributed by atoms with Crippen LogP contribution in [0.4, 0.5) is 0 Å². The van der Waals surface area contributed by atoms with Crippen LogP contribution in [0.1, 0.15) is 58.8 Å². The Morgan fingerprint density at radius 3 is 2.58 bits per heavy atom. The second kappa shape index (κ2) is 13.9. The molecule has 1 aromatic rings. The SMILES string of the molecule is CCC[C@@H](CO[C@H]1C[C@H](O)C=C2C=C[C@@H](C)[C@H](CC[C@@H](O)C[C@@H](O)CC(=O)O)[C@H]21)Oc1ccccc1. The van der Waals surface area contributed by atoms with Gasteiger partial charge in [0.15, 0.2) is 0 Å². The molecule has 3 rings (SSSR count). The predicted octanol–water partition coefficient (Wildman–Crippen LogP) is 4.12. The van der Waals surface area contributed by atoms with Crippen LogP contribution >= 0.6 is 0 Å². The fourth-order valence-corrected chi connectivity index (χ4v) is 5.56. The number of aliphatic hydroxyl groups is 3. The van der Waals surface area contributed by atoms with Crippen molar-refractivity contribution in [2.75, 3.05) is 6.61 Å². The summed E-state index contributed by atoms with van der Waals surface area (Å²) < 4.78 is 12.7. The smallest absolute Gasteiger partial charge is 0.305 e. The fourth-order valence-electron chi connectivity index (χ4n) is 5.56. The third-order valence-electron chi connectivity index (χ3n) is 7.31. The van der Waals surface area contributed by atoms with Crippen molar-refractivity contribution in [1.82, 2.24) is 0 Å². The largest absolute Gasteiger partial charge is 0.488 e. The van der Waals surface area contributed by atoms with E-state index in [2.05, 4.69) is 26.0 Å². The Morgan fingerprint density at radius 1 is 1.14 bits per heavy atom. The first-order valence-electron chi connectivity index (χ1n) is 13.3. The molecule has 0 spiro atoms. The molecule has 200 valence electrons. The second-order valence-corrected chi connectivity index (χ2v) is 10.3. The summed E-state index contributed by atoms with van der Waals surface area (Å²) in [5, 5.41) is 39.7. The first kappa shape index (κ1) is 28.4. The lowest BCUT2D eigenvalue weighted by molar-refractivity contribution is -0.139. The molecule has 0 aliphatic heterocycles. The number of carboxylic acid groups (broad SMARTS) is 1. The number of aliphatic hydroxyl groups excluding tert-OH is 3. The lowest BCUT2D eigenvalue weighted by Crippen LogP contribution is -2.43.